The van der Waals surface area contributed by atoms with E-state index in [0.29, 0.717) is 10.6 Å². The zero-order valence-corrected chi connectivity index (χ0v) is 18.2. The lowest BCUT2D eigenvalue weighted by Gasteiger charge is -2.30. The number of halogens is 1. The molecule has 0 bridgehead atoms. The minimum atomic E-state index is -3.63. The zero-order chi connectivity index (χ0) is 21.7. The predicted molar refractivity (Wildman–Crippen MR) is 115 cm³/mol. The molecule has 0 spiro atoms. The molecule has 0 aromatic heterocycles. The molecular formula is C21H24ClN3O4S. The van der Waals surface area contributed by atoms with Crippen molar-refractivity contribution < 1.29 is 18.0 Å². The summed E-state index contributed by atoms with van der Waals surface area (Å²) in [4.78, 5) is 24.5. The van der Waals surface area contributed by atoms with Crippen molar-refractivity contribution >= 4 is 33.4 Å². The Morgan fingerprint density at radius 3 is 1.83 bits per heavy atom. The van der Waals surface area contributed by atoms with E-state index in [2.05, 4.69) is 10.9 Å². The number of carbonyl (C=O) groups excluding carboxylic acids is 2. The standard InChI is InChI=1S/C21H24ClN3O4S/c1-25(18-5-3-2-4-6-18)30(28,29)19-13-9-16(10-14-19)21(27)24-23-20(26)15-7-11-17(22)12-8-15/h7-14,18H,2-6H2,1H3,(H,23,26)(H,24,27). The summed E-state index contributed by atoms with van der Waals surface area (Å²) in [6.45, 7) is 0. The minimum absolute atomic E-state index is 0.00908. The Morgan fingerprint density at radius 2 is 1.33 bits per heavy atom. The Bertz CT molecular complexity index is 1000. The summed E-state index contributed by atoms with van der Waals surface area (Å²) in [5.41, 5.74) is 5.20. The molecule has 1 saturated carbocycles. The van der Waals surface area contributed by atoms with E-state index in [1.165, 1.54) is 40.7 Å². The summed E-state index contributed by atoms with van der Waals surface area (Å²) in [6, 6.07) is 11.9. The average molecular weight is 450 g/mol. The van der Waals surface area contributed by atoms with Gasteiger partial charge in [0.15, 0.2) is 0 Å². The Morgan fingerprint density at radius 1 is 0.867 bits per heavy atom. The Kier molecular flexibility index (Phi) is 7.12. The Labute approximate surface area is 181 Å². The summed E-state index contributed by atoms with van der Waals surface area (Å²) in [5.74, 6) is -1.05. The molecule has 9 heteroatoms. The maximum Gasteiger partial charge on any atom is 0.269 e. The van der Waals surface area contributed by atoms with Crippen molar-refractivity contribution in [1.29, 1.82) is 0 Å². The summed E-state index contributed by atoms with van der Waals surface area (Å²) in [7, 11) is -2.02. The van der Waals surface area contributed by atoms with Gasteiger partial charge in [0.2, 0.25) is 10.0 Å². The highest BCUT2D eigenvalue weighted by atomic mass is 35.5. The highest BCUT2D eigenvalue weighted by Gasteiger charge is 2.29. The summed E-state index contributed by atoms with van der Waals surface area (Å²) < 4.78 is 27.2. The molecule has 7 nitrogen and oxygen atoms in total. The summed E-state index contributed by atoms with van der Waals surface area (Å²) in [5, 5.41) is 0.500. The largest absolute Gasteiger partial charge is 0.269 e. The molecule has 160 valence electrons. The van der Waals surface area contributed by atoms with Crippen LogP contribution in [0.5, 0.6) is 0 Å². The monoisotopic (exact) mass is 449 g/mol. The van der Waals surface area contributed by atoms with E-state index in [1.54, 1.807) is 19.2 Å². The molecule has 0 aliphatic heterocycles. The van der Waals surface area contributed by atoms with Crippen molar-refractivity contribution in [3.63, 3.8) is 0 Å². The first-order valence-electron chi connectivity index (χ1n) is 9.73. The van der Waals surface area contributed by atoms with Crippen LogP contribution >= 0.6 is 11.6 Å². The molecule has 2 aromatic carbocycles. The molecule has 2 amide bonds. The van der Waals surface area contributed by atoms with E-state index >= 15 is 0 Å². The lowest BCUT2D eigenvalue weighted by molar-refractivity contribution is 0.0846. The van der Waals surface area contributed by atoms with Gasteiger partial charge < -0.3 is 0 Å². The first kappa shape index (κ1) is 22.3. The van der Waals surface area contributed by atoms with E-state index < -0.39 is 21.8 Å². The predicted octanol–water partition coefficient (Wildman–Crippen LogP) is 3.37. The Balaban J connectivity index is 1.62. The Hall–Kier alpha value is -2.42. The maximum absolute atomic E-state index is 12.9. The lowest BCUT2D eigenvalue weighted by atomic mass is 9.96. The van der Waals surface area contributed by atoms with Gasteiger partial charge in [0, 0.05) is 29.2 Å². The van der Waals surface area contributed by atoms with Crippen LogP contribution in [0.15, 0.2) is 53.4 Å². The van der Waals surface area contributed by atoms with Gasteiger partial charge in [-0.2, -0.15) is 4.31 Å². The highest BCUT2D eigenvalue weighted by molar-refractivity contribution is 7.89. The molecule has 1 fully saturated rings. The van der Waals surface area contributed by atoms with Crippen molar-refractivity contribution in [2.45, 2.75) is 43.0 Å². The second kappa shape index (κ2) is 9.59. The van der Waals surface area contributed by atoms with Crippen molar-refractivity contribution in [3.05, 3.63) is 64.7 Å². The second-order valence-electron chi connectivity index (χ2n) is 7.25. The molecule has 0 atom stereocenters. The number of rotatable bonds is 5. The van der Waals surface area contributed by atoms with Crippen LogP contribution in [-0.4, -0.2) is 37.6 Å². The molecule has 2 aromatic rings. The summed E-state index contributed by atoms with van der Waals surface area (Å²) in [6.07, 6.45) is 4.94. The fraction of sp³-hybridized carbons (Fsp3) is 0.333. The molecule has 2 N–H and O–H groups in total. The molecule has 1 aliphatic carbocycles. The molecule has 3 rings (SSSR count). The van der Waals surface area contributed by atoms with Crippen LogP contribution < -0.4 is 10.9 Å². The van der Waals surface area contributed by atoms with Gasteiger partial charge in [-0.3, -0.25) is 20.4 Å². The van der Waals surface area contributed by atoms with Crippen LogP contribution in [0.1, 0.15) is 52.8 Å². The van der Waals surface area contributed by atoms with Gasteiger partial charge in [-0.15, -0.1) is 0 Å². The zero-order valence-electron chi connectivity index (χ0n) is 16.6. The van der Waals surface area contributed by atoms with E-state index in [0.717, 1.165) is 32.1 Å². The minimum Gasteiger partial charge on any atom is -0.267 e. The van der Waals surface area contributed by atoms with Crippen LogP contribution in [0.25, 0.3) is 0 Å². The molecule has 0 heterocycles. The topological polar surface area (TPSA) is 95.6 Å². The van der Waals surface area contributed by atoms with Crippen LogP contribution in [-0.2, 0) is 10.0 Å². The first-order chi connectivity index (χ1) is 14.3. The van der Waals surface area contributed by atoms with Crippen molar-refractivity contribution in [2.75, 3.05) is 7.05 Å². The number of amides is 2. The number of nitrogens with zero attached hydrogens (tertiary/aromatic N) is 1. The van der Waals surface area contributed by atoms with Gasteiger partial charge in [-0.05, 0) is 61.4 Å². The maximum atomic E-state index is 12.9. The SMILES string of the molecule is CN(C1CCCCC1)S(=O)(=O)c1ccc(C(=O)NNC(=O)c2ccc(Cl)cc2)cc1. The number of hydrogen-bond donors (Lipinski definition) is 2. The quantitative estimate of drug-likeness (QED) is 0.684. The van der Waals surface area contributed by atoms with Gasteiger partial charge in [-0.1, -0.05) is 30.9 Å². The molecule has 0 radical (unpaired) electrons. The van der Waals surface area contributed by atoms with E-state index in [-0.39, 0.29) is 16.5 Å². The third-order valence-electron chi connectivity index (χ3n) is 5.28. The smallest absolute Gasteiger partial charge is 0.267 e. The van der Waals surface area contributed by atoms with E-state index in [9.17, 15) is 18.0 Å². The molecular weight excluding hydrogens is 426 g/mol. The molecule has 1 aliphatic rings. The molecule has 0 saturated heterocycles. The van der Waals surface area contributed by atoms with Crippen molar-refractivity contribution in [3.8, 4) is 0 Å². The molecule has 0 unspecified atom stereocenters. The van der Waals surface area contributed by atoms with Gasteiger partial charge >= 0.3 is 0 Å². The van der Waals surface area contributed by atoms with Gasteiger partial charge in [0.25, 0.3) is 11.8 Å². The van der Waals surface area contributed by atoms with Crippen molar-refractivity contribution in [1.82, 2.24) is 15.2 Å². The fourth-order valence-corrected chi connectivity index (χ4v) is 4.99. The second-order valence-corrected chi connectivity index (χ2v) is 9.69. The average Bonchev–Trinajstić information content (AvgIpc) is 2.77. The van der Waals surface area contributed by atoms with Gasteiger partial charge in [0.1, 0.15) is 0 Å². The van der Waals surface area contributed by atoms with Crippen molar-refractivity contribution in [2.24, 2.45) is 0 Å². The normalized spacial score (nSPS) is 15.0. The number of nitrogens with one attached hydrogen (secondary N) is 2. The molecule has 30 heavy (non-hydrogen) atoms. The third kappa shape index (κ3) is 5.19. The number of sulfonamides is 1. The fourth-order valence-electron chi connectivity index (χ4n) is 3.44. The number of hydrogen-bond acceptors (Lipinski definition) is 4. The lowest BCUT2D eigenvalue weighted by Crippen LogP contribution is -2.41. The highest BCUT2D eigenvalue weighted by Crippen LogP contribution is 2.26. The number of benzene rings is 2. The van der Waals surface area contributed by atoms with Crippen LogP contribution in [0, 0.1) is 0 Å². The van der Waals surface area contributed by atoms with Gasteiger partial charge in [-0.25, -0.2) is 8.42 Å². The number of hydrazine groups is 1. The van der Waals surface area contributed by atoms with Crippen LogP contribution in [0.3, 0.4) is 0 Å². The van der Waals surface area contributed by atoms with Crippen LogP contribution in [0.4, 0.5) is 0 Å². The van der Waals surface area contributed by atoms with E-state index in [1.807, 2.05) is 0 Å². The van der Waals surface area contributed by atoms with Gasteiger partial charge in [0.05, 0.1) is 4.90 Å². The number of carbonyl (C=O) groups is 2. The van der Waals surface area contributed by atoms with Crippen LogP contribution in [0.2, 0.25) is 5.02 Å². The summed E-state index contributed by atoms with van der Waals surface area (Å²) >= 11 is 5.78. The first-order valence-corrected chi connectivity index (χ1v) is 11.5. The third-order valence-corrected chi connectivity index (χ3v) is 7.45. The van der Waals surface area contributed by atoms with E-state index in [4.69, 9.17) is 11.6 Å².